The summed E-state index contributed by atoms with van der Waals surface area (Å²) in [6.45, 7) is 7.48. The zero-order valence-electron chi connectivity index (χ0n) is 11.8. The van der Waals surface area contributed by atoms with E-state index in [1.807, 2.05) is 20.8 Å². The fourth-order valence-electron chi connectivity index (χ4n) is 1.62. The molecule has 114 valence electrons. The molecule has 0 saturated heterocycles. The third-order valence-corrected chi connectivity index (χ3v) is 5.71. The van der Waals surface area contributed by atoms with Crippen LogP contribution in [0.1, 0.15) is 33.6 Å². The van der Waals surface area contributed by atoms with Crippen LogP contribution in [0.4, 0.5) is 0 Å². The van der Waals surface area contributed by atoms with E-state index in [9.17, 15) is 8.76 Å². The van der Waals surface area contributed by atoms with E-state index in [0.29, 0.717) is 19.8 Å². The zero-order valence-corrected chi connectivity index (χ0v) is 13.7. The summed E-state index contributed by atoms with van der Waals surface area (Å²) in [6, 6.07) is 0.729. The first-order valence-electron chi connectivity index (χ1n) is 6.52. The summed E-state index contributed by atoms with van der Waals surface area (Å²) >= 11 is -2.25. The molecule has 0 rings (SSSR count). The fraction of sp³-hybridized carbons (Fsp3) is 0.818. The van der Waals surface area contributed by atoms with Gasteiger partial charge >= 0.3 is 8.80 Å². The van der Waals surface area contributed by atoms with Gasteiger partial charge in [0.2, 0.25) is 0 Å². The smallest absolute Gasteiger partial charge is 0.500 e. The summed E-state index contributed by atoms with van der Waals surface area (Å²) in [5.41, 5.74) is 0. The van der Waals surface area contributed by atoms with Gasteiger partial charge in [0.05, 0.1) is 0 Å². The van der Waals surface area contributed by atoms with Crippen LogP contribution in [0, 0.1) is 0 Å². The summed E-state index contributed by atoms with van der Waals surface area (Å²) in [4.78, 5) is 0. The van der Waals surface area contributed by atoms with Crippen LogP contribution >= 0.6 is 0 Å². The molecule has 0 aromatic carbocycles. The second-order valence-corrected chi connectivity index (χ2v) is 7.07. The van der Waals surface area contributed by atoms with Crippen molar-refractivity contribution in [2.45, 2.75) is 39.7 Å². The van der Waals surface area contributed by atoms with Crippen molar-refractivity contribution in [3.8, 4) is 0 Å². The Balaban J connectivity index is 4.16. The summed E-state index contributed by atoms with van der Waals surface area (Å²) in [5, 5.41) is 0. The first-order chi connectivity index (χ1) is 9.10. The van der Waals surface area contributed by atoms with E-state index in [1.54, 1.807) is 6.08 Å². The van der Waals surface area contributed by atoms with Gasteiger partial charge in [0.25, 0.3) is 0 Å². The number of nitrogens with one attached hydrogen (secondary N) is 1. The maximum Gasteiger partial charge on any atom is 0.500 e. The maximum absolute atomic E-state index is 10.2. The molecule has 0 aliphatic carbocycles. The second kappa shape index (κ2) is 11.6. The lowest BCUT2D eigenvalue weighted by atomic mass is 10.3. The van der Waals surface area contributed by atoms with Crippen molar-refractivity contribution >= 4 is 20.1 Å². The Labute approximate surface area is 119 Å². The maximum atomic E-state index is 10.2. The van der Waals surface area contributed by atoms with Gasteiger partial charge in [-0.25, -0.2) is 0 Å². The van der Waals surface area contributed by atoms with Gasteiger partial charge < -0.3 is 22.6 Å². The van der Waals surface area contributed by atoms with Crippen molar-refractivity contribution in [2.24, 2.45) is 0 Å². The quantitative estimate of drug-likeness (QED) is 0.337. The third-order valence-electron chi connectivity index (χ3n) is 2.23. The lowest BCUT2D eigenvalue weighted by Gasteiger charge is -2.28. The second-order valence-electron chi connectivity index (χ2n) is 3.63. The molecule has 0 heterocycles. The Kier molecular flexibility index (Phi) is 11.4. The predicted molar refractivity (Wildman–Crippen MR) is 75.9 cm³/mol. The van der Waals surface area contributed by atoms with E-state index < -0.39 is 20.1 Å². The van der Waals surface area contributed by atoms with E-state index in [2.05, 4.69) is 4.72 Å². The molecule has 0 fully saturated rings. The minimum atomic E-state index is -2.55. The first kappa shape index (κ1) is 18.7. The van der Waals surface area contributed by atoms with Crippen molar-refractivity contribution in [3.05, 3.63) is 12.3 Å². The van der Waals surface area contributed by atoms with E-state index in [0.717, 1.165) is 18.9 Å². The normalized spacial score (nSPS) is 13.9. The van der Waals surface area contributed by atoms with Gasteiger partial charge in [0.1, 0.15) is 0 Å². The highest BCUT2D eigenvalue weighted by molar-refractivity contribution is 7.77. The number of allylic oxidation sites excluding steroid dienone is 1. The number of rotatable bonds is 12. The van der Waals surface area contributed by atoms with Crippen LogP contribution in [-0.2, 0) is 24.5 Å². The minimum absolute atomic E-state index is 0.568. The molecule has 0 radical (unpaired) electrons. The molecule has 19 heavy (non-hydrogen) atoms. The van der Waals surface area contributed by atoms with Gasteiger partial charge in [0.15, 0.2) is 0 Å². The predicted octanol–water partition coefficient (Wildman–Crippen LogP) is 1.71. The topological polar surface area (TPSA) is 79.9 Å². The molecule has 1 N–H and O–H groups in total. The van der Waals surface area contributed by atoms with E-state index in [-0.39, 0.29) is 0 Å². The minimum Gasteiger partial charge on any atom is -0.755 e. The summed E-state index contributed by atoms with van der Waals surface area (Å²) in [5.74, 6) is 0. The molecule has 0 bridgehead atoms. The lowest BCUT2D eigenvalue weighted by Crippen LogP contribution is -2.45. The molecule has 6 nitrogen and oxygen atoms in total. The van der Waals surface area contributed by atoms with Crippen LogP contribution in [-0.4, -0.2) is 37.4 Å². The molecular formula is C11H24NO5SSi-. The number of unbranched alkanes of at least 4 members (excludes halogenated alkanes) is 1. The Morgan fingerprint density at radius 1 is 1.16 bits per heavy atom. The van der Waals surface area contributed by atoms with Gasteiger partial charge in [-0.1, -0.05) is 6.08 Å². The van der Waals surface area contributed by atoms with Crippen molar-refractivity contribution < 1.29 is 22.0 Å². The average Bonchev–Trinajstić information content (AvgIpc) is 2.34. The van der Waals surface area contributed by atoms with Gasteiger partial charge in [-0.3, -0.25) is 4.21 Å². The zero-order chi connectivity index (χ0) is 14.6. The van der Waals surface area contributed by atoms with Crippen LogP contribution in [0.15, 0.2) is 12.3 Å². The number of hydrogen-bond acceptors (Lipinski definition) is 5. The molecule has 0 aliphatic heterocycles. The monoisotopic (exact) mass is 310 g/mol. The molecule has 8 heteroatoms. The average molecular weight is 310 g/mol. The van der Waals surface area contributed by atoms with Crippen LogP contribution < -0.4 is 4.72 Å². The van der Waals surface area contributed by atoms with Gasteiger partial charge in [-0.05, 0) is 33.6 Å². The van der Waals surface area contributed by atoms with Crippen molar-refractivity contribution in [3.63, 3.8) is 0 Å². The molecule has 1 unspecified atom stereocenters. The highest BCUT2D eigenvalue weighted by atomic mass is 32.2. The number of hydrogen-bond donors (Lipinski definition) is 1. The Morgan fingerprint density at radius 2 is 1.68 bits per heavy atom. The Morgan fingerprint density at radius 3 is 2.11 bits per heavy atom. The highest BCUT2D eigenvalue weighted by Gasteiger charge is 2.39. The summed E-state index contributed by atoms with van der Waals surface area (Å²) in [7, 11) is -2.55. The van der Waals surface area contributed by atoms with Crippen molar-refractivity contribution in [2.75, 3.05) is 19.8 Å². The van der Waals surface area contributed by atoms with Gasteiger partial charge in [0, 0.05) is 43.3 Å². The van der Waals surface area contributed by atoms with E-state index >= 15 is 0 Å². The van der Waals surface area contributed by atoms with Crippen LogP contribution in [0.3, 0.4) is 0 Å². The van der Waals surface area contributed by atoms with Crippen LogP contribution in [0.2, 0.25) is 6.04 Å². The van der Waals surface area contributed by atoms with E-state index in [1.165, 1.54) is 6.20 Å². The van der Waals surface area contributed by atoms with Gasteiger partial charge in [-0.2, -0.15) is 0 Å². The van der Waals surface area contributed by atoms with E-state index in [4.69, 9.17) is 13.3 Å². The molecular weight excluding hydrogens is 286 g/mol. The molecule has 0 amide bonds. The lowest BCUT2D eigenvalue weighted by molar-refractivity contribution is 0.0709. The highest BCUT2D eigenvalue weighted by Crippen LogP contribution is 2.19. The fourth-order valence-corrected chi connectivity index (χ4v) is 4.47. The molecule has 0 aliphatic rings. The van der Waals surface area contributed by atoms with Crippen LogP contribution in [0.5, 0.6) is 0 Å². The van der Waals surface area contributed by atoms with Gasteiger partial charge in [-0.15, -0.1) is 0 Å². The summed E-state index contributed by atoms with van der Waals surface area (Å²) < 4.78 is 39.8. The SMILES string of the molecule is CCO[Si](CCCC=CNS(=O)[O-])(OCC)OCC. The Hall–Kier alpha value is -0.253. The first-order valence-corrected chi connectivity index (χ1v) is 9.53. The molecule has 0 aromatic heterocycles. The molecule has 0 spiro atoms. The third kappa shape index (κ3) is 9.31. The summed E-state index contributed by atoms with van der Waals surface area (Å²) in [6.07, 6.45) is 4.75. The van der Waals surface area contributed by atoms with Crippen molar-refractivity contribution in [1.29, 1.82) is 0 Å². The molecule has 0 aromatic rings. The van der Waals surface area contributed by atoms with Crippen LogP contribution in [0.25, 0.3) is 0 Å². The standard InChI is InChI=1S/C11H25NO5SSi/c1-4-15-19(16-5-2,17-6-3)11-9-7-8-10-12-18(13)14/h8,10,12H,4-7,9,11H2,1-3H3,(H,13,14)/p-1. The Bertz CT molecular complexity index is 261. The molecule has 1 atom stereocenters. The molecule has 0 saturated carbocycles. The largest absolute Gasteiger partial charge is 0.755 e. The van der Waals surface area contributed by atoms with Crippen molar-refractivity contribution in [1.82, 2.24) is 4.72 Å².